The third-order valence-corrected chi connectivity index (χ3v) is 2.35. The molecule has 0 bridgehead atoms. The van der Waals surface area contributed by atoms with Crippen molar-refractivity contribution in [3.05, 3.63) is 58.6 Å². The summed E-state index contributed by atoms with van der Waals surface area (Å²) in [6.07, 6.45) is 4.37. The van der Waals surface area contributed by atoms with Gasteiger partial charge in [0.25, 0.3) is 0 Å². The predicted molar refractivity (Wildman–Crippen MR) is 61.7 cm³/mol. The number of hydrogen-bond acceptors (Lipinski definition) is 3. The molecule has 0 fully saturated rings. The molecule has 1 heterocycles. The van der Waals surface area contributed by atoms with E-state index in [1.165, 1.54) is 18.7 Å². The van der Waals surface area contributed by atoms with E-state index in [9.17, 15) is 4.79 Å². The van der Waals surface area contributed by atoms with E-state index in [0.717, 1.165) is 5.56 Å². The van der Waals surface area contributed by atoms with Gasteiger partial charge >= 0.3 is 0 Å². The zero-order valence-electron chi connectivity index (χ0n) is 8.64. The first kappa shape index (κ1) is 10.8. The van der Waals surface area contributed by atoms with Crippen LogP contribution in [0.2, 0.25) is 5.02 Å². The number of halogens is 1. The zero-order valence-corrected chi connectivity index (χ0v) is 9.40. The van der Waals surface area contributed by atoms with Crippen LogP contribution in [0.3, 0.4) is 0 Å². The maximum atomic E-state index is 12.0. The second-order valence-corrected chi connectivity index (χ2v) is 3.91. The largest absolute Gasteiger partial charge is 0.288 e. The second-order valence-electron chi connectivity index (χ2n) is 3.47. The van der Waals surface area contributed by atoms with Crippen molar-refractivity contribution in [1.29, 1.82) is 0 Å². The minimum atomic E-state index is -0.119. The molecular formula is C12H9ClN2O. The summed E-state index contributed by atoms with van der Waals surface area (Å²) in [5, 5.41) is 0.556. The maximum absolute atomic E-state index is 12.0. The SMILES string of the molecule is Cc1cc(Cl)cc(C(=O)c2cncnc2)c1. The Balaban J connectivity index is 2.42. The molecule has 0 saturated carbocycles. The third kappa shape index (κ3) is 2.25. The maximum Gasteiger partial charge on any atom is 0.196 e. The average Bonchev–Trinajstić information content (AvgIpc) is 2.28. The monoisotopic (exact) mass is 232 g/mol. The first-order valence-electron chi connectivity index (χ1n) is 4.74. The highest BCUT2D eigenvalue weighted by molar-refractivity contribution is 6.31. The molecule has 0 saturated heterocycles. The van der Waals surface area contributed by atoms with Gasteiger partial charge in [0.2, 0.25) is 0 Å². The number of benzene rings is 1. The number of aryl methyl sites for hydroxylation is 1. The molecule has 0 amide bonds. The lowest BCUT2D eigenvalue weighted by Crippen LogP contribution is -2.02. The molecule has 0 N–H and O–H groups in total. The van der Waals surface area contributed by atoms with Crippen molar-refractivity contribution in [2.75, 3.05) is 0 Å². The van der Waals surface area contributed by atoms with Crippen LogP contribution in [-0.2, 0) is 0 Å². The quantitative estimate of drug-likeness (QED) is 0.748. The molecule has 16 heavy (non-hydrogen) atoms. The van der Waals surface area contributed by atoms with E-state index < -0.39 is 0 Å². The van der Waals surface area contributed by atoms with Crippen LogP contribution >= 0.6 is 11.6 Å². The van der Waals surface area contributed by atoms with Crippen LogP contribution in [0, 0.1) is 6.92 Å². The Kier molecular flexibility index (Phi) is 2.97. The molecule has 0 aliphatic carbocycles. The van der Waals surface area contributed by atoms with Crippen molar-refractivity contribution in [3.63, 3.8) is 0 Å². The molecule has 0 aliphatic heterocycles. The fraction of sp³-hybridized carbons (Fsp3) is 0.0833. The van der Waals surface area contributed by atoms with Crippen molar-refractivity contribution in [1.82, 2.24) is 9.97 Å². The molecular weight excluding hydrogens is 224 g/mol. The summed E-state index contributed by atoms with van der Waals surface area (Å²) in [6, 6.07) is 5.24. The molecule has 0 atom stereocenters. The standard InChI is InChI=1S/C12H9ClN2O/c1-8-2-9(4-11(13)3-8)12(16)10-5-14-7-15-6-10/h2-7H,1H3. The topological polar surface area (TPSA) is 42.9 Å². The van der Waals surface area contributed by atoms with Crippen molar-refractivity contribution in [3.8, 4) is 0 Å². The molecule has 0 aliphatic rings. The van der Waals surface area contributed by atoms with Crippen molar-refractivity contribution < 1.29 is 4.79 Å². The van der Waals surface area contributed by atoms with Gasteiger partial charge in [-0.15, -0.1) is 0 Å². The summed E-state index contributed by atoms with van der Waals surface area (Å²) in [7, 11) is 0. The Morgan fingerprint density at radius 1 is 1.12 bits per heavy atom. The highest BCUT2D eigenvalue weighted by Gasteiger charge is 2.10. The van der Waals surface area contributed by atoms with Gasteiger partial charge in [-0.05, 0) is 30.7 Å². The molecule has 2 aromatic rings. The molecule has 0 spiro atoms. The summed E-state index contributed by atoms with van der Waals surface area (Å²) < 4.78 is 0. The van der Waals surface area contributed by atoms with Gasteiger partial charge in [-0.1, -0.05) is 11.6 Å². The fourth-order valence-electron chi connectivity index (χ4n) is 1.45. The van der Waals surface area contributed by atoms with Crippen molar-refractivity contribution in [2.45, 2.75) is 6.92 Å². The van der Waals surface area contributed by atoms with Crippen LogP contribution in [0.25, 0.3) is 0 Å². The Hall–Kier alpha value is -1.74. The summed E-state index contributed by atoms with van der Waals surface area (Å²) in [5.41, 5.74) is 1.97. The van der Waals surface area contributed by atoms with E-state index in [1.807, 2.05) is 6.92 Å². The summed E-state index contributed by atoms with van der Waals surface area (Å²) in [5.74, 6) is -0.119. The smallest absolute Gasteiger partial charge is 0.196 e. The predicted octanol–water partition coefficient (Wildman–Crippen LogP) is 2.67. The van der Waals surface area contributed by atoms with E-state index >= 15 is 0 Å². The normalized spacial score (nSPS) is 10.1. The first-order chi connectivity index (χ1) is 7.66. The molecule has 0 unspecified atom stereocenters. The third-order valence-electron chi connectivity index (χ3n) is 2.13. The molecule has 1 aromatic heterocycles. The van der Waals surface area contributed by atoms with Crippen LogP contribution < -0.4 is 0 Å². The van der Waals surface area contributed by atoms with Gasteiger partial charge in [-0.25, -0.2) is 9.97 Å². The Morgan fingerprint density at radius 3 is 2.44 bits per heavy atom. The van der Waals surface area contributed by atoms with E-state index in [1.54, 1.807) is 18.2 Å². The molecule has 3 nitrogen and oxygen atoms in total. The van der Waals surface area contributed by atoms with E-state index in [4.69, 9.17) is 11.6 Å². The summed E-state index contributed by atoms with van der Waals surface area (Å²) in [6.45, 7) is 1.89. The number of aromatic nitrogens is 2. The lowest BCUT2D eigenvalue weighted by molar-refractivity contribution is 0.103. The molecule has 1 aromatic carbocycles. The van der Waals surface area contributed by atoms with Gasteiger partial charge in [0.15, 0.2) is 5.78 Å². The number of nitrogens with zero attached hydrogens (tertiary/aromatic N) is 2. The van der Waals surface area contributed by atoms with Crippen LogP contribution in [0.5, 0.6) is 0 Å². The number of carbonyl (C=O) groups is 1. The van der Waals surface area contributed by atoms with Gasteiger partial charge < -0.3 is 0 Å². The first-order valence-corrected chi connectivity index (χ1v) is 5.11. The van der Waals surface area contributed by atoms with Crippen molar-refractivity contribution >= 4 is 17.4 Å². The van der Waals surface area contributed by atoms with Gasteiger partial charge in [0.1, 0.15) is 6.33 Å². The highest BCUT2D eigenvalue weighted by atomic mass is 35.5. The lowest BCUT2D eigenvalue weighted by Gasteiger charge is -2.02. The van der Waals surface area contributed by atoms with E-state index in [0.29, 0.717) is 16.1 Å². The number of ketones is 1. The summed E-state index contributed by atoms with van der Waals surface area (Å²) in [4.78, 5) is 19.6. The molecule has 80 valence electrons. The lowest BCUT2D eigenvalue weighted by atomic mass is 10.0. The highest BCUT2D eigenvalue weighted by Crippen LogP contribution is 2.17. The van der Waals surface area contributed by atoms with E-state index in [-0.39, 0.29) is 5.78 Å². The number of hydrogen-bond donors (Lipinski definition) is 0. The second kappa shape index (κ2) is 4.41. The van der Waals surface area contributed by atoms with Gasteiger partial charge in [-0.2, -0.15) is 0 Å². The average molecular weight is 233 g/mol. The summed E-state index contributed by atoms with van der Waals surface area (Å²) >= 11 is 5.90. The zero-order chi connectivity index (χ0) is 11.5. The minimum Gasteiger partial charge on any atom is -0.288 e. The van der Waals surface area contributed by atoms with Gasteiger partial charge in [0, 0.05) is 23.0 Å². The van der Waals surface area contributed by atoms with Crippen LogP contribution in [0.1, 0.15) is 21.5 Å². The Morgan fingerprint density at radius 2 is 1.81 bits per heavy atom. The molecule has 2 rings (SSSR count). The molecule has 4 heteroatoms. The fourth-order valence-corrected chi connectivity index (χ4v) is 1.74. The van der Waals surface area contributed by atoms with Crippen LogP contribution in [-0.4, -0.2) is 15.8 Å². The Labute approximate surface area is 98.1 Å². The van der Waals surface area contributed by atoms with Gasteiger partial charge in [-0.3, -0.25) is 4.79 Å². The van der Waals surface area contributed by atoms with Crippen molar-refractivity contribution in [2.24, 2.45) is 0 Å². The number of carbonyl (C=O) groups excluding carboxylic acids is 1. The van der Waals surface area contributed by atoms with Crippen LogP contribution in [0.15, 0.2) is 36.9 Å². The molecule has 0 radical (unpaired) electrons. The van der Waals surface area contributed by atoms with Gasteiger partial charge in [0.05, 0.1) is 5.56 Å². The van der Waals surface area contributed by atoms with Crippen LogP contribution in [0.4, 0.5) is 0 Å². The van der Waals surface area contributed by atoms with E-state index in [2.05, 4.69) is 9.97 Å². The Bertz CT molecular complexity index is 506. The minimum absolute atomic E-state index is 0.119. The number of rotatable bonds is 2.